The lowest BCUT2D eigenvalue weighted by atomic mass is 9.64. The van der Waals surface area contributed by atoms with E-state index in [1.54, 1.807) is 66.7 Å². The highest BCUT2D eigenvalue weighted by Gasteiger charge is 2.71. The minimum Gasteiger partial charge on any atom is -0.352 e. The van der Waals surface area contributed by atoms with E-state index in [0.717, 1.165) is 0 Å². The van der Waals surface area contributed by atoms with Gasteiger partial charge in [0.05, 0.1) is 11.1 Å². The van der Waals surface area contributed by atoms with Crippen LogP contribution in [-0.2, 0) is 0 Å². The van der Waals surface area contributed by atoms with Gasteiger partial charge in [0, 0.05) is 33.9 Å². The van der Waals surface area contributed by atoms with E-state index in [9.17, 15) is 18.8 Å². The summed E-state index contributed by atoms with van der Waals surface area (Å²) in [6, 6.07) is 25.5. The average molecular weight is 534 g/mol. The van der Waals surface area contributed by atoms with E-state index in [0.29, 0.717) is 33.5 Å². The minimum absolute atomic E-state index is 0.283. The second-order valence-corrected chi connectivity index (χ2v) is 10.6. The van der Waals surface area contributed by atoms with Gasteiger partial charge in [-0.25, -0.2) is 4.39 Å². The molecule has 1 aliphatic carbocycles. The van der Waals surface area contributed by atoms with Crippen LogP contribution >= 0.6 is 11.6 Å². The SMILES string of the molecule is O=C(c1ccccc1Cl)[C@@H]1[C@@H](c2ccccc2)C2(C(=O)c3ccccc3C2=O)[C@H]2C=Cc3cc(F)ccc3N12. The predicted octanol–water partition coefficient (Wildman–Crippen LogP) is 6.80. The average Bonchev–Trinajstić information content (AvgIpc) is 3.39. The third-order valence-corrected chi connectivity index (χ3v) is 8.66. The quantitative estimate of drug-likeness (QED) is 0.215. The Labute approximate surface area is 229 Å². The number of carbonyl (C=O) groups excluding carboxylic acids is 3. The molecule has 3 aliphatic rings. The van der Waals surface area contributed by atoms with Crippen LogP contribution in [-0.4, -0.2) is 29.4 Å². The summed E-state index contributed by atoms with van der Waals surface area (Å²) in [6.45, 7) is 0. The van der Waals surface area contributed by atoms with Crippen LogP contribution in [0.4, 0.5) is 10.1 Å². The largest absolute Gasteiger partial charge is 0.352 e. The molecule has 0 unspecified atom stereocenters. The lowest BCUT2D eigenvalue weighted by Crippen LogP contribution is -2.48. The van der Waals surface area contributed by atoms with Gasteiger partial charge in [0.15, 0.2) is 17.3 Å². The first-order valence-corrected chi connectivity index (χ1v) is 13.1. The number of benzene rings is 4. The van der Waals surface area contributed by atoms with Crippen molar-refractivity contribution >= 4 is 40.7 Å². The van der Waals surface area contributed by atoms with Gasteiger partial charge in [-0.2, -0.15) is 0 Å². The Kier molecular flexibility index (Phi) is 5.23. The highest BCUT2D eigenvalue weighted by Crippen LogP contribution is 2.61. The molecule has 190 valence electrons. The molecular weight excluding hydrogens is 513 g/mol. The molecule has 2 aliphatic heterocycles. The lowest BCUT2D eigenvalue weighted by molar-refractivity contribution is 0.0666. The fourth-order valence-electron chi connectivity index (χ4n) is 6.80. The van der Waals surface area contributed by atoms with Crippen LogP contribution in [0.5, 0.6) is 0 Å². The molecule has 1 fully saturated rings. The monoisotopic (exact) mass is 533 g/mol. The standard InChI is InChI=1S/C33H21ClFNO3/c34-25-13-7-6-12-24(25)30(37)29-28(19-8-2-1-3-9-19)33(31(38)22-10-4-5-11-23(22)32(33)39)27-17-14-20-18-21(35)15-16-26(20)36(27)29/h1-18,27-29H/t27-,28-,29+/m1/s1. The van der Waals surface area contributed by atoms with Crippen LogP contribution in [0.15, 0.2) is 103 Å². The summed E-state index contributed by atoms with van der Waals surface area (Å²) in [5, 5.41) is 0.283. The predicted molar refractivity (Wildman–Crippen MR) is 148 cm³/mol. The van der Waals surface area contributed by atoms with Gasteiger partial charge in [-0.15, -0.1) is 0 Å². The number of rotatable bonds is 3. The van der Waals surface area contributed by atoms with Crippen molar-refractivity contribution < 1.29 is 18.8 Å². The number of carbonyl (C=O) groups is 3. The zero-order valence-corrected chi connectivity index (χ0v) is 21.3. The summed E-state index contributed by atoms with van der Waals surface area (Å²) >= 11 is 6.53. The molecule has 0 N–H and O–H groups in total. The van der Waals surface area contributed by atoms with Gasteiger partial charge in [-0.3, -0.25) is 14.4 Å². The second-order valence-electron chi connectivity index (χ2n) is 10.2. The van der Waals surface area contributed by atoms with E-state index in [1.165, 1.54) is 12.1 Å². The maximum atomic E-state index is 14.6. The topological polar surface area (TPSA) is 54.5 Å². The molecule has 4 aromatic carbocycles. The van der Waals surface area contributed by atoms with Crippen LogP contribution in [0, 0.1) is 11.2 Å². The summed E-state index contributed by atoms with van der Waals surface area (Å²) in [7, 11) is 0. The van der Waals surface area contributed by atoms with Crippen molar-refractivity contribution in [3.8, 4) is 0 Å². The van der Waals surface area contributed by atoms with Crippen molar-refractivity contribution in [1.82, 2.24) is 0 Å². The van der Waals surface area contributed by atoms with Crippen molar-refractivity contribution in [1.29, 1.82) is 0 Å². The molecule has 2 heterocycles. The molecule has 4 aromatic rings. The summed E-state index contributed by atoms with van der Waals surface area (Å²) in [5.41, 5.74) is 1.26. The van der Waals surface area contributed by atoms with Gasteiger partial charge < -0.3 is 4.90 Å². The van der Waals surface area contributed by atoms with Crippen molar-refractivity contribution in [2.45, 2.75) is 18.0 Å². The Balaban J connectivity index is 1.56. The number of hydrogen-bond acceptors (Lipinski definition) is 4. The van der Waals surface area contributed by atoms with E-state index in [4.69, 9.17) is 11.6 Å². The van der Waals surface area contributed by atoms with Crippen LogP contribution in [0.1, 0.15) is 48.1 Å². The van der Waals surface area contributed by atoms with E-state index in [-0.39, 0.29) is 22.4 Å². The molecule has 1 spiro atoms. The lowest BCUT2D eigenvalue weighted by Gasteiger charge is -2.37. The first-order valence-electron chi connectivity index (χ1n) is 12.7. The van der Waals surface area contributed by atoms with Crippen LogP contribution in [0.2, 0.25) is 5.02 Å². The fourth-order valence-corrected chi connectivity index (χ4v) is 7.03. The number of halogens is 2. The molecule has 6 heteroatoms. The Morgan fingerprint density at radius 3 is 2.15 bits per heavy atom. The van der Waals surface area contributed by atoms with Crippen molar-refractivity contribution in [3.63, 3.8) is 0 Å². The second kappa shape index (κ2) is 8.58. The number of anilines is 1. The molecule has 39 heavy (non-hydrogen) atoms. The van der Waals surface area contributed by atoms with Crippen molar-refractivity contribution in [2.75, 3.05) is 4.90 Å². The molecule has 0 radical (unpaired) electrons. The minimum atomic E-state index is -1.60. The first-order chi connectivity index (χ1) is 18.9. The molecular formula is C33H21ClFNO3. The van der Waals surface area contributed by atoms with Crippen molar-refractivity contribution in [2.24, 2.45) is 5.41 Å². The van der Waals surface area contributed by atoms with Gasteiger partial charge in [0.1, 0.15) is 17.3 Å². The van der Waals surface area contributed by atoms with Crippen molar-refractivity contribution in [3.05, 3.63) is 142 Å². The van der Waals surface area contributed by atoms with Gasteiger partial charge in [-0.1, -0.05) is 90.5 Å². The molecule has 7 rings (SSSR count). The van der Waals surface area contributed by atoms with Gasteiger partial charge in [-0.05, 0) is 35.9 Å². The number of hydrogen-bond donors (Lipinski definition) is 0. The number of ketones is 3. The smallest absolute Gasteiger partial charge is 0.187 e. The van der Waals surface area contributed by atoms with Crippen LogP contribution < -0.4 is 4.90 Å². The van der Waals surface area contributed by atoms with Crippen LogP contribution in [0.25, 0.3) is 6.08 Å². The van der Waals surface area contributed by atoms with E-state index in [2.05, 4.69) is 0 Å². The van der Waals surface area contributed by atoms with Gasteiger partial charge >= 0.3 is 0 Å². The first kappa shape index (κ1) is 23.7. The summed E-state index contributed by atoms with van der Waals surface area (Å²) < 4.78 is 14.3. The normalized spacial score (nSPS) is 22.1. The summed E-state index contributed by atoms with van der Waals surface area (Å²) in [4.78, 5) is 45.5. The Bertz CT molecular complexity index is 1700. The highest BCUT2D eigenvalue weighted by atomic mass is 35.5. The third kappa shape index (κ3) is 3.14. The zero-order valence-electron chi connectivity index (χ0n) is 20.6. The maximum Gasteiger partial charge on any atom is 0.187 e. The maximum absolute atomic E-state index is 14.6. The fraction of sp³-hybridized carbons (Fsp3) is 0.121. The van der Waals surface area contributed by atoms with Gasteiger partial charge in [0.25, 0.3) is 0 Å². The molecule has 0 aromatic heterocycles. The van der Waals surface area contributed by atoms with E-state index in [1.807, 2.05) is 35.2 Å². The highest BCUT2D eigenvalue weighted by molar-refractivity contribution is 6.35. The number of Topliss-reactive ketones (excluding diaryl/α,β-unsaturated/α-hetero) is 3. The Hall–Kier alpha value is -4.35. The molecule has 0 saturated carbocycles. The molecule has 4 nitrogen and oxygen atoms in total. The Morgan fingerprint density at radius 1 is 0.821 bits per heavy atom. The van der Waals surface area contributed by atoms with E-state index >= 15 is 0 Å². The molecule has 0 amide bonds. The van der Waals surface area contributed by atoms with Gasteiger partial charge in [0.2, 0.25) is 0 Å². The summed E-state index contributed by atoms with van der Waals surface area (Å²) in [6.07, 6.45) is 3.52. The number of fused-ring (bicyclic) bond motifs is 5. The third-order valence-electron chi connectivity index (χ3n) is 8.33. The Morgan fingerprint density at radius 2 is 1.46 bits per heavy atom. The number of nitrogens with zero attached hydrogens (tertiary/aromatic N) is 1. The molecule has 3 atom stereocenters. The molecule has 1 saturated heterocycles. The van der Waals surface area contributed by atoms with E-state index < -0.39 is 29.2 Å². The zero-order chi connectivity index (χ0) is 26.9. The molecule has 0 bridgehead atoms. The summed E-state index contributed by atoms with van der Waals surface area (Å²) in [5.74, 6) is -2.17. The van der Waals surface area contributed by atoms with Crippen LogP contribution in [0.3, 0.4) is 0 Å².